The summed E-state index contributed by atoms with van der Waals surface area (Å²) in [6, 6.07) is 9.82. The Labute approximate surface area is 140 Å². The second-order valence-corrected chi connectivity index (χ2v) is 8.41. The van der Waals surface area contributed by atoms with E-state index in [4.69, 9.17) is 0 Å². The predicted molar refractivity (Wildman–Crippen MR) is 101 cm³/mol. The Hall–Kier alpha value is -0.760. The van der Waals surface area contributed by atoms with Crippen LogP contribution in [-0.4, -0.2) is 23.0 Å². The number of ketones is 1. The van der Waals surface area contributed by atoms with Gasteiger partial charge in [0, 0.05) is 5.56 Å². The van der Waals surface area contributed by atoms with Crippen LogP contribution < -0.4 is 0 Å². The third kappa shape index (κ3) is 8.63. The molecule has 0 aliphatic heterocycles. The van der Waals surface area contributed by atoms with Crippen molar-refractivity contribution in [2.75, 3.05) is 17.3 Å². The van der Waals surface area contributed by atoms with E-state index in [2.05, 4.69) is 13.8 Å². The summed E-state index contributed by atoms with van der Waals surface area (Å²) in [4.78, 5) is 12.4. The topological polar surface area (TPSA) is 17.1 Å². The van der Waals surface area contributed by atoms with Gasteiger partial charge in [0.25, 0.3) is 0 Å². The quantitative estimate of drug-likeness (QED) is 0.261. The van der Waals surface area contributed by atoms with E-state index in [1.54, 1.807) is 0 Å². The van der Waals surface area contributed by atoms with Crippen molar-refractivity contribution in [3.8, 4) is 0 Å². The fourth-order valence-electron chi connectivity index (χ4n) is 2.61. The Morgan fingerprint density at radius 3 is 1.86 bits per heavy atom. The molecule has 0 radical (unpaired) electrons. The summed E-state index contributed by atoms with van der Waals surface area (Å²) in [5.41, 5.74) is 0.891. The SMILES string of the molecule is CCCCCC[S+](CCCCCC)CC(=O)c1ccccc1. The maximum absolute atomic E-state index is 12.4. The van der Waals surface area contributed by atoms with Crippen LogP contribution >= 0.6 is 0 Å². The maximum Gasteiger partial charge on any atom is 0.211 e. The second kappa shape index (κ2) is 12.8. The van der Waals surface area contributed by atoms with Crippen molar-refractivity contribution in [2.24, 2.45) is 0 Å². The lowest BCUT2D eigenvalue weighted by molar-refractivity contribution is 0.102. The van der Waals surface area contributed by atoms with E-state index in [1.807, 2.05) is 30.3 Å². The van der Waals surface area contributed by atoms with Gasteiger partial charge in [-0.05, 0) is 36.6 Å². The monoisotopic (exact) mass is 321 g/mol. The molecule has 1 nitrogen and oxygen atoms in total. The van der Waals surface area contributed by atoms with Gasteiger partial charge in [0.15, 0.2) is 5.75 Å². The number of carbonyl (C=O) groups is 1. The Morgan fingerprint density at radius 1 is 0.818 bits per heavy atom. The Morgan fingerprint density at radius 2 is 1.36 bits per heavy atom. The van der Waals surface area contributed by atoms with Crippen LogP contribution in [0.4, 0.5) is 0 Å². The van der Waals surface area contributed by atoms with Gasteiger partial charge in [-0.25, -0.2) is 0 Å². The first-order valence-electron chi connectivity index (χ1n) is 9.00. The predicted octanol–water partition coefficient (Wildman–Crippen LogP) is 5.65. The van der Waals surface area contributed by atoms with Gasteiger partial charge in [-0.1, -0.05) is 69.9 Å². The number of hydrogen-bond acceptors (Lipinski definition) is 1. The van der Waals surface area contributed by atoms with Crippen LogP contribution in [0.1, 0.15) is 75.6 Å². The summed E-state index contributed by atoms with van der Waals surface area (Å²) in [5.74, 6) is 3.62. The molecule has 0 atom stereocenters. The van der Waals surface area contributed by atoms with Crippen molar-refractivity contribution in [1.82, 2.24) is 0 Å². The van der Waals surface area contributed by atoms with Crippen LogP contribution in [0.15, 0.2) is 30.3 Å². The summed E-state index contributed by atoms with van der Waals surface area (Å²) in [5, 5.41) is 0. The van der Waals surface area contributed by atoms with Gasteiger partial charge in [-0.3, -0.25) is 4.79 Å². The van der Waals surface area contributed by atoms with Gasteiger partial charge in [-0.15, -0.1) is 0 Å². The van der Waals surface area contributed by atoms with E-state index >= 15 is 0 Å². The number of rotatable bonds is 13. The molecule has 0 saturated heterocycles. The van der Waals surface area contributed by atoms with Crippen molar-refractivity contribution >= 4 is 16.7 Å². The minimum absolute atomic E-state index is 0.288. The molecule has 1 rings (SSSR count). The highest BCUT2D eigenvalue weighted by atomic mass is 32.2. The summed E-state index contributed by atoms with van der Waals surface area (Å²) in [6.07, 6.45) is 10.5. The maximum atomic E-state index is 12.4. The minimum atomic E-state index is 0.288. The van der Waals surface area contributed by atoms with Gasteiger partial charge in [0.05, 0.1) is 0 Å². The first-order valence-corrected chi connectivity index (χ1v) is 10.7. The lowest BCUT2D eigenvalue weighted by Crippen LogP contribution is -2.23. The summed E-state index contributed by atoms with van der Waals surface area (Å²) in [7, 11) is 0.288. The van der Waals surface area contributed by atoms with Crippen molar-refractivity contribution in [1.29, 1.82) is 0 Å². The standard InChI is InChI=1S/C20H33OS/c1-3-5-7-12-16-22(17-13-8-6-4-2)18-20(21)19-14-10-9-11-15-19/h9-11,14-15H,3-8,12-13,16-18H2,1-2H3/q+1. The Bertz CT molecular complexity index is 376. The third-order valence-corrected chi connectivity index (χ3v) is 6.41. The van der Waals surface area contributed by atoms with Crippen LogP contribution in [0, 0.1) is 0 Å². The van der Waals surface area contributed by atoms with Crippen molar-refractivity contribution < 1.29 is 4.79 Å². The fourth-order valence-corrected chi connectivity index (χ4v) is 4.86. The first kappa shape index (κ1) is 19.3. The summed E-state index contributed by atoms with van der Waals surface area (Å²) in [6.45, 7) is 4.51. The molecule has 2 heteroatoms. The smallest absolute Gasteiger partial charge is 0.211 e. The zero-order valence-electron chi connectivity index (χ0n) is 14.5. The molecule has 1 aromatic carbocycles. The average Bonchev–Trinajstić information content (AvgIpc) is 2.56. The molecule has 0 spiro atoms. The number of hydrogen-bond donors (Lipinski definition) is 0. The molecule has 0 unspecified atom stereocenters. The summed E-state index contributed by atoms with van der Waals surface area (Å²) < 4.78 is 0. The molecule has 0 aliphatic carbocycles. The van der Waals surface area contributed by atoms with E-state index < -0.39 is 0 Å². The molecule has 0 bridgehead atoms. The highest BCUT2D eigenvalue weighted by Crippen LogP contribution is 2.12. The zero-order valence-corrected chi connectivity index (χ0v) is 15.3. The van der Waals surface area contributed by atoms with E-state index in [-0.39, 0.29) is 10.9 Å². The van der Waals surface area contributed by atoms with Gasteiger partial charge >= 0.3 is 0 Å². The lowest BCUT2D eigenvalue weighted by Gasteiger charge is -2.09. The van der Waals surface area contributed by atoms with Crippen LogP contribution in [0.25, 0.3) is 0 Å². The van der Waals surface area contributed by atoms with Crippen molar-refractivity contribution in [3.05, 3.63) is 35.9 Å². The highest BCUT2D eigenvalue weighted by molar-refractivity contribution is 7.97. The Balaban J connectivity index is 2.43. The van der Waals surface area contributed by atoms with Crippen LogP contribution in [0.3, 0.4) is 0 Å². The molecule has 22 heavy (non-hydrogen) atoms. The van der Waals surface area contributed by atoms with E-state index in [0.29, 0.717) is 5.78 Å². The first-order chi connectivity index (χ1) is 10.8. The van der Waals surface area contributed by atoms with Gasteiger partial charge in [0.1, 0.15) is 11.5 Å². The van der Waals surface area contributed by atoms with Crippen LogP contribution in [-0.2, 0) is 10.9 Å². The van der Waals surface area contributed by atoms with E-state index in [0.717, 1.165) is 11.3 Å². The van der Waals surface area contributed by atoms with Gasteiger partial charge < -0.3 is 0 Å². The summed E-state index contributed by atoms with van der Waals surface area (Å²) >= 11 is 0. The molecule has 0 fully saturated rings. The zero-order chi connectivity index (χ0) is 16.0. The highest BCUT2D eigenvalue weighted by Gasteiger charge is 2.22. The average molecular weight is 322 g/mol. The molecule has 124 valence electrons. The third-order valence-electron chi connectivity index (χ3n) is 4.00. The molecule has 0 aromatic heterocycles. The van der Waals surface area contributed by atoms with Crippen molar-refractivity contribution in [2.45, 2.75) is 65.2 Å². The number of benzene rings is 1. The van der Waals surface area contributed by atoms with Crippen LogP contribution in [0.5, 0.6) is 0 Å². The number of unbranched alkanes of at least 4 members (excludes halogenated alkanes) is 6. The largest absolute Gasteiger partial charge is 0.289 e. The van der Waals surface area contributed by atoms with E-state index in [9.17, 15) is 4.79 Å². The Kier molecular flexibility index (Phi) is 11.2. The molecule has 0 amide bonds. The molecular formula is C20H33OS+. The molecule has 1 aromatic rings. The van der Waals surface area contributed by atoms with Crippen LogP contribution in [0.2, 0.25) is 0 Å². The van der Waals surface area contributed by atoms with E-state index in [1.165, 1.54) is 62.9 Å². The fraction of sp³-hybridized carbons (Fsp3) is 0.650. The van der Waals surface area contributed by atoms with Gasteiger partial charge in [-0.2, -0.15) is 0 Å². The molecular weight excluding hydrogens is 288 g/mol. The molecule has 0 N–H and O–H groups in total. The van der Waals surface area contributed by atoms with Crippen molar-refractivity contribution in [3.63, 3.8) is 0 Å². The number of carbonyl (C=O) groups excluding carboxylic acids is 1. The molecule has 0 saturated carbocycles. The second-order valence-electron chi connectivity index (χ2n) is 6.08. The molecule has 0 heterocycles. The van der Waals surface area contributed by atoms with Gasteiger partial charge in [0.2, 0.25) is 5.78 Å². The lowest BCUT2D eigenvalue weighted by atomic mass is 10.2. The number of Topliss-reactive ketones (excluding diaryl/α,β-unsaturated/α-hetero) is 1. The molecule has 0 aliphatic rings. The normalized spacial score (nSPS) is 11.0. The minimum Gasteiger partial charge on any atom is -0.289 e.